The molecule has 1 N–H and O–H groups in total. The molecule has 1 atom stereocenters. The number of carbonyl (C=O) groups is 1. The van der Waals surface area contributed by atoms with Crippen LogP contribution < -0.4 is 0 Å². The van der Waals surface area contributed by atoms with Crippen molar-refractivity contribution in [3.8, 4) is 0 Å². The molecule has 2 fully saturated rings. The lowest BCUT2D eigenvalue weighted by molar-refractivity contribution is 0.0627. The molecule has 1 aromatic rings. The topological polar surface area (TPSA) is 43.8 Å². The number of hydrogen-bond acceptors (Lipinski definition) is 3. The van der Waals surface area contributed by atoms with Gasteiger partial charge >= 0.3 is 0 Å². The van der Waals surface area contributed by atoms with E-state index in [1.165, 1.54) is 0 Å². The standard InChI is InChI=1S/C16H22N2O2/c19-15-8-11-18(12-15)14-6-9-17(10-7-14)16(20)13-4-2-1-3-5-13/h1-5,14-15,19H,6-12H2/t15-/m1/s1. The van der Waals surface area contributed by atoms with Crippen LogP contribution in [0.4, 0.5) is 0 Å². The number of nitrogens with zero attached hydrogens (tertiary/aromatic N) is 2. The Bertz CT molecular complexity index is 455. The lowest BCUT2D eigenvalue weighted by Crippen LogP contribution is -2.46. The minimum absolute atomic E-state index is 0.144. The zero-order chi connectivity index (χ0) is 13.9. The molecule has 0 unspecified atom stereocenters. The van der Waals surface area contributed by atoms with Crippen LogP contribution in [0.2, 0.25) is 0 Å². The third kappa shape index (κ3) is 2.86. The highest BCUT2D eigenvalue weighted by atomic mass is 16.3. The number of likely N-dealkylation sites (tertiary alicyclic amines) is 2. The molecule has 0 bridgehead atoms. The summed E-state index contributed by atoms with van der Waals surface area (Å²) in [5.74, 6) is 0.144. The molecular weight excluding hydrogens is 252 g/mol. The van der Waals surface area contributed by atoms with Crippen molar-refractivity contribution in [2.24, 2.45) is 0 Å². The molecule has 0 aromatic heterocycles. The lowest BCUT2D eigenvalue weighted by Gasteiger charge is -2.36. The van der Waals surface area contributed by atoms with E-state index in [9.17, 15) is 9.90 Å². The lowest BCUT2D eigenvalue weighted by atomic mass is 10.0. The van der Waals surface area contributed by atoms with Crippen molar-refractivity contribution in [3.63, 3.8) is 0 Å². The van der Waals surface area contributed by atoms with E-state index in [0.29, 0.717) is 6.04 Å². The van der Waals surface area contributed by atoms with E-state index in [1.807, 2.05) is 35.2 Å². The number of aliphatic hydroxyl groups excluding tert-OH is 1. The molecule has 1 amide bonds. The summed E-state index contributed by atoms with van der Waals surface area (Å²) in [7, 11) is 0. The van der Waals surface area contributed by atoms with Crippen molar-refractivity contribution in [1.82, 2.24) is 9.80 Å². The summed E-state index contributed by atoms with van der Waals surface area (Å²) < 4.78 is 0. The van der Waals surface area contributed by atoms with Crippen LogP contribution in [-0.4, -0.2) is 59.1 Å². The highest BCUT2D eigenvalue weighted by molar-refractivity contribution is 5.94. The van der Waals surface area contributed by atoms with Crippen molar-refractivity contribution in [2.75, 3.05) is 26.2 Å². The normalized spacial score (nSPS) is 25.1. The molecule has 4 nitrogen and oxygen atoms in total. The Kier molecular flexibility index (Phi) is 4.03. The van der Waals surface area contributed by atoms with Crippen LogP contribution in [0.25, 0.3) is 0 Å². The second-order valence-corrected chi connectivity index (χ2v) is 5.83. The van der Waals surface area contributed by atoms with Crippen LogP contribution in [-0.2, 0) is 0 Å². The molecule has 20 heavy (non-hydrogen) atoms. The first-order valence-electron chi connectivity index (χ1n) is 7.50. The molecule has 1 aromatic carbocycles. The average molecular weight is 274 g/mol. The van der Waals surface area contributed by atoms with Gasteiger partial charge in [-0.25, -0.2) is 0 Å². The number of benzene rings is 1. The summed E-state index contributed by atoms with van der Waals surface area (Å²) in [6.45, 7) is 3.45. The Morgan fingerprint density at radius 3 is 2.35 bits per heavy atom. The Morgan fingerprint density at radius 2 is 1.75 bits per heavy atom. The molecule has 0 radical (unpaired) electrons. The van der Waals surface area contributed by atoms with E-state index in [1.54, 1.807) is 0 Å². The van der Waals surface area contributed by atoms with Gasteiger partial charge in [0.1, 0.15) is 0 Å². The third-order valence-electron chi connectivity index (χ3n) is 4.48. The summed E-state index contributed by atoms with van der Waals surface area (Å²) in [4.78, 5) is 16.7. The predicted molar refractivity (Wildman–Crippen MR) is 77.6 cm³/mol. The fourth-order valence-electron chi connectivity index (χ4n) is 3.30. The second kappa shape index (κ2) is 5.94. The summed E-state index contributed by atoms with van der Waals surface area (Å²) in [6.07, 6.45) is 2.78. The predicted octanol–water partition coefficient (Wildman–Crippen LogP) is 1.36. The summed E-state index contributed by atoms with van der Waals surface area (Å²) in [6, 6.07) is 10.0. The second-order valence-electron chi connectivity index (χ2n) is 5.83. The number of amides is 1. The van der Waals surface area contributed by atoms with E-state index in [2.05, 4.69) is 4.90 Å². The number of β-amino-alcohol motifs (C(OH)–C–C–N with tert-alkyl or cyclic N) is 1. The van der Waals surface area contributed by atoms with Crippen LogP contribution in [0.1, 0.15) is 29.6 Å². The first-order chi connectivity index (χ1) is 9.74. The first kappa shape index (κ1) is 13.6. The zero-order valence-corrected chi connectivity index (χ0v) is 11.7. The number of rotatable bonds is 2. The maximum Gasteiger partial charge on any atom is 0.253 e. The average Bonchev–Trinajstić information content (AvgIpc) is 2.94. The SMILES string of the molecule is O=C(c1ccccc1)N1CCC(N2CC[C@@H](O)C2)CC1. The Balaban J connectivity index is 1.55. The summed E-state index contributed by atoms with van der Waals surface area (Å²) >= 11 is 0. The number of aliphatic hydroxyl groups is 1. The fourth-order valence-corrected chi connectivity index (χ4v) is 3.30. The van der Waals surface area contributed by atoms with E-state index < -0.39 is 0 Å². The minimum atomic E-state index is -0.154. The Labute approximate surface area is 120 Å². The van der Waals surface area contributed by atoms with Crippen molar-refractivity contribution in [3.05, 3.63) is 35.9 Å². The number of carbonyl (C=O) groups excluding carboxylic acids is 1. The molecule has 108 valence electrons. The Hall–Kier alpha value is -1.39. The van der Waals surface area contributed by atoms with Gasteiger partial charge in [0.05, 0.1) is 6.10 Å². The largest absolute Gasteiger partial charge is 0.392 e. The smallest absolute Gasteiger partial charge is 0.253 e. The van der Waals surface area contributed by atoms with E-state index in [4.69, 9.17) is 0 Å². The molecule has 2 aliphatic heterocycles. The van der Waals surface area contributed by atoms with Gasteiger partial charge in [-0.2, -0.15) is 0 Å². The number of piperidine rings is 1. The van der Waals surface area contributed by atoms with Crippen molar-refractivity contribution < 1.29 is 9.90 Å². The van der Waals surface area contributed by atoms with E-state index in [-0.39, 0.29) is 12.0 Å². The molecule has 4 heteroatoms. The quantitative estimate of drug-likeness (QED) is 0.885. The van der Waals surface area contributed by atoms with Gasteiger partial charge in [0.25, 0.3) is 5.91 Å². The molecular formula is C16H22N2O2. The maximum absolute atomic E-state index is 12.4. The Morgan fingerprint density at radius 1 is 1.05 bits per heavy atom. The van der Waals surface area contributed by atoms with Crippen LogP contribution in [0.15, 0.2) is 30.3 Å². The maximum atomic E-state index is 12.4. The van der Waals surface area contributed by atoms with Crippen molar-refractivity contribution in [1.29, 1.82) is 0 Å². The van der Waals surface area contributed by atoms with Gasteiger partial charge in [0.15, 0.2) is 0 Å². The van der Waals surface area contributed by atoms with E-state index >= 15 is 0 Å². The highest BCUT2D eigenvalue weighted by Gasteiger charge is 2.31. The van der Waals surface area contributed by atoms with Crippen LogP contribution >= 0.6 is 0 Å². The molecule has 2 saturated heterocycles. The molecule has 0 spiro atoms. The van der Waals surface area contributed by atoms with Crippen LogP contribution in [0.3, 0.4) is 0 Å². The third-order valence-corrected chi connectivity index (χ3v) is 4.48. The minimum Gasteiger partial charge on any atom is -0.392 e. The van der Waals surface area contributed by atoms with Gasteiger partial charge < -0.3 is 10.0 Å². The first-order valence-corrected chi connectivity index (χ1v) is 7.50. The van der Waals surface area contributed by atoms with Gasteiger partial charge in [0, 0.05) is 37.8 Å². The van der Waals surface area contributed by atoms with Gasteiger partial charge in [0.2, 0.25) is 0 Å². The van der Waals surface area contributed by atoms with Crippen LogP contribution in [0.5, 0.6) is 0 Å². The summed E-state index contributed by atoms with van der Waals surface area (Å²) in [5.41, 5.74) is 0.780. The number of hydrogen-bond donors (Lipinski definition) is 1. The summed E-state index contributed by atoms with van der Waals surface area (Å²) in [5, 5.41) is 9.61. The van der Waals surface area contributed by atoms with Gasteiger partial charge in [-0.15, -0.1) is 0 Å². The van der Waals surface area contributed by atoms with E-state index in [0.717, 1.165) is 51.0 Å². The monoisotopic (exact) mass is 274 g/mol. The van der Waals surface area contributed by atoms with Crippen LogP contribution in [0, 0.1) is 0 Å². The molecule has 3 rings (SSSR count). The van der Waals surface area contributed by atoms with Crippen molar-refractivity contribution >= 4 is 5.91 Å². The van der Waals surface area contributed by atoms with Gasteiger partial charge in [-0.3, -0.25) is 9.69 Å². The molecule has 2 aliphatic rings. The van der Waals surface area contributed by atoms with Gasteiger partial charge in [-0.1, -0.05) is 18.2 Å². The van der Waals surface area contributed by atoms with Gasteiger partial charge in [-0.05, 0) is 31.4 Å². The zero-order valence-electron chi connectivity index (χ0n) is 11.7. The molecule has 0 saturated carbocycles. The van der Waals surface area contributed by atoms with Crippen molar-refractivity contribution in [2.45, 2.75) is 31.4 Å². The molecule has 2 heterocycles. The highest BCUT2D eigenvalue weighted by Crippen LogP contribution is 2.22. The fraction of sp³-hybridized carbons (Fsp3) is 0.562. The molecule has 0 aliphatic carbocycles.